The molecule has 1 aromatic heterocycles. The standard InChI is InChI=1S/C11H13N3O.C2H6/c1-14(2)8-3-4-10-9(7-8)11(15-12)5-6-13-10;1-2/h3-7H,12H2,1-2H3;1-2H3. The van der Waals surface area contributed by atoms with E-state index in [4.69, 9.17) is 10.7 Å². The molecule has 17 heavy (non-hydrogen) atoms. The van der Waals surface area contributed by atoms with E-state index in [-0.39, 0.29) is 0 Å². The number of benzene rings is 1. The van der Waals surface area contributed by atoms with Crippen molar-refractivity contribution in [2.75, 3.05) is 19.0 Å². The Morgan fingerprint density at radius 3 is 2.47 bits per heavy atom. The Morgan fingerprint density at radius 1 is 1.18 bits per heavy atom. The summed E-state index contributed by atoms with van der Waals surface area (Å²) in [6.45, 7) is 4.00. The largest absolute Gasteiger partial charge is 0.411 e. The van der Waals surface area contributed by atoms with Gasteiger partial charge in [0, 0.05) is 37.4 Å². The molecule has 0 spiro atoms. The number of nitrogens with zero attached hydrogens (tertiary/aromatic N) is 2. The molecule has 0 unspecified atom stereocenters. The summed E-state index contributed by atoms with van der Waals surface area (Å²) >= 11 is 0. The Balaban J connectivity index is 0.000000686. The van der Waals surface area contributed by atoms with E-state index in [2.05, 4.69) is 4.98 Å². The second kappa shape index (κ2) is 6.06. The summed E-state index contributed by atoms with van der Waals surface area (Å²) in [6, 6.07) is 7.72. The Hall–Kier alpha value is -1.81. The summed E-state index contributed by atoms with van der Waals surface area (Å²) < 4.78 is 0. The third-order valence-electron chi connectivity index (χ3n) is 2.33. The fraction of sp³-hybridized carbons (Fsp3) is 0.308. The molecule has 0 aliphatic rings. The molecule has 0 aliphatic heterocycles. The predicted octanol–water partition coefficient (Wildman–Crippen LogP) is 2.58. The highest BCUT2D eigenvalue weighted by atomic mass is 16.6. The third kappa shape index (κ3) is 2.85. The number of hydrogen-bond donors (Lipinski definition) is 1. The van der Waals surface area contributed by atoms with Crippen LogP contribution in [0.3, 0.4) is 0 Å². The van der Waals surface area contributed by atoms with Crippen LogP contribution in [0.1, 0.15) is 13.8 Å². The van der Waals surface area contributed by atoms with Gasteiger partial charge in [0.2, 0.25) is 0 Å². The predicted molar refractivity (Wildman–Crippen MR) is 72.2 cm³/mol. The number of aromatic nitrogens is 1. The van der Waals surface area contributed by atoms with Crippen molar-refractivity contribution in [2.45, 2.75) is 13.8 Å². The smallest absolute Gasteiger partial charge is 0.157 e. The van der Waals surface area contributed by atoms with Gasteiger partial charge < -0.3 is 9.74 Å². The first-order chi connectivity index (χ1) is 8.22. The van der Waals surface area contributed by atoms with Crippen LogP contribution in [0.5, 0.6) is 5.75 Å². The van der Waals surface area contributed by atoms with Crippen LogP contribution in [0.15, 0.2) is 30.5 Å². The molecule has 0 aliphatic carbocycles. The molecule has 0 bridgehead atoms. The van der Waals surface area contributed by atoms with Crippen LogP contribution >= 0.6 is 0 Å². The van der Waals surface area contributed by atoms with Crippen LogP contribution < -0.4 is 15.6 Å². The first-order valence-corrected chi connectivity index (χ1v) is 5.65. The molecule has 0 atom stereocenters. The van der Waals surface area contributed by atoms with E-state index in [9.17, 15) is 0 Å². The lowest BCUT2D eigenvalue weighted by Crippen LogP contribution is -2.08. The van der Waals surface area contributed by atoms with Gasteiger partial charge in [0.1, 0.15) is 0 Å². The first-order valence-electron chi connectivity index (χ1n) is 5.65. The van der Waals surface area contributed by atoms with Gasteiger partial charge in [0.05, 0.1) is 5.52 Å². The van der Waals surface area contributed by atoms with Gasteiger partial charge in [0.15, 0.2) is 5.75 Å². The first kappa shape index (κ1) is 13.3. The quantitative estimate of drug-likeness (QED) is 0.810. The summed E-state index contributed by atoms with van der Waals surface area (Å²) in [4.78, 5) is 11.1. The molecule has 1 aromatic carbocycles. The zero-order valence-electron chi connectivity index (χ0n) is 10.8. The zero-order valence-corrected chi connectivity index (χ0v) is 10.8. The summed E-state index contributed by atoms with van der Waals surface area (Å²) in [5.74, 6) is 5.84. The summed E-state index contributed by atoms with van der Waals surface area (Å²) in [5.41, 5.74) is 1.97. The number of pyridine rings is 1. The minimum atomic E-state index is 0.642. The van der Waals surface area contributed by atoms with Crippen LogP contribution in [-0.2, 0) is 0 Å². The minimum Gasteiger partial charge on any atom is -0.411 e. The number of hydrogen-bond acceptors (Lipinski definition) is 4. The SMILES string of the molecule is CC.CN(C)c1ccc2nccc(ON)c2c1. The van der Waals surface area contributed by atoms with Crippen molar-refractivity contribution >= 4 is 16.6 Å². The normalized spacial score (nSPS) is 9.47. The second-order valence-electron chi connectivity index (χ2n) is 3.52. The van der Waals surface area contributed by atoms with E-state index in [1.54, 1.807) is 12.3 Å². The molecule has 1 heterocycles. The average Bonchev–Trinajstić information content (AvgIpc) is 2.39. The zero-order chi connectivity index (χ0) is 12.8. The topological polar surface area (TPSA) is 51.4 Å². The highest BCUT2D eigenvalue weighted by Gasteiger charge is 2.04. The van der Waals surface area contributed by atoms with Crippen molar-refractivity contribution in [1.82, 2.24) is 4.98 Å². The van der Waals surface area contributed by atoms with Crippen LogP contribution in [-0.4, -0.2) is 19.1 Å². The van der Waals surface area contributed by atoms with Gasteiger partial charge in [-0.05, 0) is 18.2 Å². The molecule has 2 rings (SSSR count). The Kier molecular flexibility index (Phi) is 4.72. The second-order valence-corrected chi connectivity index (χ2v) is 3.52. The highest BCUT2D eigenvalue weighted by Crippen LogP contribution is 2.26. The van der Waals surface area contributed by atoms with Crippen molar-refractivity contribution in [3.8, 4) is 5.75 Å². The molecule has 2 N–H and O–H groups in total. The van der Waals surface area contributed by atoms with Gasteiger partial charge in [0.25, 0.3) is 0 Å². The molecule has 0 fully saturated rings. The van der Waals surface area contributed by atoms with Gasteiger partial charge in [-0.2, -0.15) is 5.90 Å². The monoisotopic (exact) mass is 233 g/mol. The fourth-order valence-corrected chi connectivity index (χ4v) is 1.49. The summed E-state index contributed by atoms with van der Waals surface area (Å²) in [6.07, 6.45) is 1.68. The average molecular weight is 233 g/mol. The molecular formula is C13H19N3O. The number of fused-ring (bicyclic) bond motifs is 1. The molecule has 0 saturated carbocycles. The number of anilines is 1. The molecule has 4 nitrogen and oxygen atoms in total. The molecule has 2 aromatic rings. The maximum atomic E-state index is 5.20. The van der Waals surface area contributed by atoms with Crippen LogP contribution in [0.2, 0.25) is 0 Å². The summed E-state index contributed by atoms with van der Waals surface area (Å²) in [7, 11) is 3.97. The van der Waals surface area contributed by atoms with Crippen LogP contribution in [0.4, 0.5) is 5.69 Å². The van der Waals surface area contributed by atoms with E-state index >= 15 is 0 Å². The third-order valence-corrected chi connectivity index (χ3v) is 2.33. The molecule has 4 heteroatoms. The minimum absolute atomic E-state index is 0.642. The fourth-order valence-electron chi connectivity index (χ4n) is 1.49. The molecular weight excluding hydrogens is 214 g/mol. The van der Waals surface area contributed by atoms with Crippen molar-refractivity contribution in [2.24, 2.45) is 5.90 Å². The lowest BCUT2D eigenvalue weighted by molar-refractivity contribution is 0.338. The molecule has 0 amide bonds. The van der Waals surface area contributed by atoms with Gasteiger partial charge in [-0.1, -0.05) is 13.8 Å². The van der Waals surface area contributed by atoms with Gasteiger partial charge in [-0.15, -0.1) is 0 Å². The maximum Gasteiger partial charge on any atom is 0.157 e. The van der Waals surface area contributed by atoms with Crippen molar-refractivity contribution in [3.05, 3.63) is 30.5 Å². The molecule has 0 radical (unpaired) electrons. The van der Waals surface area contributed by atoms with E-state index in [1.807, 2.05) is 51.0 Å². The molecule has 92 valence electrons. The van der Waals surface area contributed by atoms with Crippen LogP contribution in [0, 0.1) is 0 Å². The van der Waals surface area contributed by atoms with E-state index in [0.717, 1.165) is 16.6 Å². The van der Waals surface area contributed by atoms with Crippen molar-refractivity contribution in [1.29, 1.82) is 0 Å². The Bertz CT molecular complexity index is 483. The van der Waals surface area contributed by atoms with Gasteiger partial charge in [-0.25, -0.2) is 0 Å². The van der Waals surface area contributed by atoms with Crippen LogP contribution in [0.25, 0.3) is 10.9 Å². The molecule has 0 saturated heterocycles. The maximum absolute atomic E-state index is 5.20. The van der Waals surface area contributed by atoms with E-state index in [0.29, 0.717) is 5.75 Å². The Morgan fingerprint density at radius 2 is 1.88 bits per heavy atom. The summed E-state index contributed by atoms with van der Waals surface area (Å²) in [5, 5.41) is 0.922. The van der Waals surface area contributed by atoms with E-state index in [1.165, 1.54) is 0 Å². The number of rotatable bonds is 2. The lowest BCUT2D eigenvalue weighted by Gasteiger charge is -2.13. The lowest BCUT2D eigenvalue weighted by atomic mass is 10.2. The van der Waals surface area contributed by atoms with E-state index < -0.39 is 0 Å². The highest BCUT2D eigenvalue weighted by molar-refractivity contribution is 5.87. The van der Waals surface area contributed by atoms with Gasteiger partial charge >= 0.3 is 0 Å². The number of nitrogens with two attached hydrogens (primary N) is 1. The van der Waals surface area contributed by atoms with Crippen molar-refractivity contribution < 1.29 is 4.84 Å². The van der Waals surface area contributed by atoms with Crippen molar-refractivity contribution in [3.63, 3.8) is 0 Å². The Labute approximate surface area is 102 Å². The van der Waals surface area contributed by atoms with Gasteiger partial charge in [-0.3, -0.25) is 4.98 Å².